The molecule has 0 radical (unpaired) electrons. The fourth-order valence-electron chi connectivity index (χ4n) is 3.91. The van der Waals surface area contributed by atoms with Crippen LogP contribution in [0.2, 0.25) is 23.1 Å². The van der Waals surface area contributed by atoms with Crippen molar-refractivity contribution in [2.75, 3.05) is 0 Å². The highest BCUT2D eigenvalue weighted by Crippen LogP contribution is 2.33. The average Bonchev–Trinajstić information content (AvgIpc) is 2.70. The second-order valence-electron chi connectivity index (χ2n) is 7.74. The minimum Gasteiger partial charge on any atom is -0.459 e. The van der Waals surface area contributed by atoms with E-state index in [-0.39, 0.29) is 17.6 Å². The minimum absolute atomic E-state index is 0.0605. The molecule has 0 aliphatic rings. The third-order valence-corrected chi connectivity index (χ3v) is 10.0. The van der Waals surface area contributed by atoms with Crippen LogP contribution in [0.4, 0.5) is 0 Å². The van der Waals surface area contributed by atoms with Crippen LogP contribution in [0.1, 0.15) is 28.4 Å². The maximum atomic E-state index is 12.8. The van der Waals surface area contributed by atoms with Crippen molar-refractivity contribution in [3.63, 3.8) is 0 Å². The van der Waals surface area contributed by atoms with Crippen molar-refractivity contribution in [3.05, 3.63) is 100 Å². The summed E-state index contributed by atoms with van der Waals surface area (Å²) in [6.07, 6.45) is -0.315. The van der Waals surface area contributed by atoms with Crippen LogP contribution in [0, 0.1) is 0 Å². The van der Waals surface area contributed by atoms with E-state index in [1.807, 2.05) is 37.3 Å². The lowest BCUT2D eigenvalue weighted by atomic mass is 10.1. The number of ether oxygens (including phenoxy) is 1. The second-order valence-corrected chi connectivity index (χ2v) is 13.3. The molecule has 0 heterocycles. The number of rotatable bonds is 6. The predicted molar refractivity (Wildman–Crippen MR) is 124 cm³/mol. The fraction of sp³-hybridized carbons (Fsp3) is 0.208. The van der Waals surface area contributed by atoms with Gasteiger partial charge in [-0.1, -0.05) is 90.0 Å². The van der Waals surface area contributed by atoms with E-state index in [0.717, 1.165) is 5.56 Å². The smallest absolute Gasteiger partial charge is 0.338 e. The molecule has 0 amide bonds. The Morgan fingerprint density at radius 2 is 1.52 bits per heavy atom. The minimum atomic E-state index is -2.06. The summed E-state index contributed by atoms with van der Waals surface area (Å²) in [5.41, 5.74) is 1.64. The van der Waals surface area contributed by atoms with Gasteiger partial charge in [0.2, 0.25) is 0 Å². The molecule has 3 rings (SSSR count). The molecule has 2 unspecified atom stereocenters. The number of carbonyl (C=O) groups is 1. The highest BCUT2D eigenvalue weighted by molar-refractivity contribution is 6.91. The van der Waals surface area contributed by atoms with E-state index in [9.17, 15) is 4.79 Å². The van der Waals surface area contributed by atoms with Crippen molar-refractivity contribution >= 4 is 42.4 Å². The van der Waals surface area contributed by atoms with Gasteiger partial charge < -0.3 is 4.74 Å². The molecule has 0 saturated heterocycles. The van der Waals surface area contributed by atoms with Crippen molar-refractivity contribution in [3.8, 4) is 0 Å². The summed E-state index contributed by atoms with van der Waals surface area (Å²) < 4.78 is 5.95. The van der Waals surface area contributed by atoms with Crippen molar-refractivity contribution in [1.29, 1.82) is 0 Å². The zero-order valence-electron chi connectivity index (χ0n) is 16.7. The monoisotopic (exact) mass is 442 g/mol. The summed E-state index contributed by atoms with van der Waals surface area (Å²) in [6, 6.07) is 25.2. The lowest BCUT2D eigenvalue weighted by Crippen LogP contribution is -2.52. The molecule has 0 aromatic heterocycles. The molecule has 29 heavy (non-hydrogen) atoms. The summed E-state index contributed by atoms with van der Waals surface area (Å²) in [6.45, 7) is 6.59. The lowest BCUT2D eigenvalue weighted by molar-refractivity contribution is 0.0327. The van der Waals surface area contributed by atoms with Crippen molar-refractivity contribution in [2.24, 2.45) is 0 Å². The molecule has 0 N–H and O–H groups in total. The molecule has 0 aliphatic carbocycles. The maximum Gasteiger partial charge on any atom is 0.338 e. The molecule has 150 valence electrons. The lowest BCUT2D eigenvalue weighted by Gasteiger charge is -2.37. The first-order valence-corrected chi connectivity index (χ1v) is 13.4. The molecule has 0 saturated carbocycles. The third kappa shape index (κ3) is 5.10. The highest BCUT2D eigenvalue weighted by Gasteiger charge is 2.40. The van der Waals surface area contributed by atoms with Gasteiger partial charge in [-0.25, -0.2) is 4.79 Å². The van der Waals surface area contributed by atoms with Crippen molar-refractivity contribution in [2.45, 2.75) is 31.7 Å². The number of hydrogen-bond acceptors (Lipinski definition) is 2. The van der Waals surface area contributed by atoms with E-state index in [2.05, 4.69) is 37.4 Å². The van der Waals surface area contributed by atoms with E-state index in [1.54, 1.807) is 24.3 Å². The Hall–Kier alpha value is -2.07. The molecule has 2 nitrogen and oxygen atoms in total. The van der Waals surface area contributed by atoms with Crippen LogP contribution in [0.3, 0.4) is 0 Å². The van der Waals surface area contributed by atoms with Crippen LogP contribution < -0.4 is 5.19 Å². The van der Waals surface area contributed by atoms with Gasteiger partial charge in [-0.15, -0.1) is 0 Å². The van der Waals surface area contributed by atoms with Gasteiger partial charge in [-0.05, 0) is 42.8 Å². The Bertz CT molecular complexity index is 972. The third-order valence-electron chi connectivity index (χ3n) is 5.35. The van der Waals surface area contributed by atoms with Crippen LogP contribution in [0.5, 0.6) is 0 Å². The topological polar surface area (TPSA) is 26.3 Å². The van der Waals surface area contributed by atoms with Gasteiger partial charge in [-0.2, -0.15) is 0 Å². The van der Waals surface area contributed by atoms with Crippen molar-refractivity contribution < 1.29 is 9.53 Å². The second kappa shape index (κ2) is 9.16. The van der Waals surface area contributed by atoms with E-state index < -0.39 is 8.07 Å². The molecule has 3 aromatic carbocycles. The van der Waals surface area contributed by atoms with E-state index >= 15 is 0 Å². The Kier molecular flexibility index (Phi) is 6.84. The highest BCUT2D eigenvalue weighted by atomic mass is 35.5. The number of esters is 1. The fourth-order valence-corrected chi connectivity index (χ4v) is 7.91. The van der Waals surface area contributed by atoms with Crippen LogP contribution in [0.15, 0.2) is 78.9 Å². The van der Waals surface area contributed by atoms with Gasteiger partial charge in [-0.3, -0.25) is 0 Å². The van der Waals surface area contributed by atoms with Crippen LogP contribution in [-0.2, 0) is 4.74 Å². The molecule has 0 fully saturated rings. The SMILES string of the molecule is CC(OC(=O)c1cccc(Cl)c1)C(c1ccc(Cl)cc1)[Si](C)(C)c1ccccc1. The first kappa shape index (κ1) is 21.6. The molecule has 2 atom stereocenters. The van der Waals surface area contributed by atoms with Gasteiger partial charge in [0.15, 0.2) is 0 Å². The molecule has 0 spiro atoms. The summed E-state index contributed by atoms with van der Waals surface area (Å²) in [7, 11) is -2.06. The van der Waals surface area contributed by atoms with E-state index in [1.165, 1.54) is 5.19 Å². The Labute approximate surface area is 183 Å². The van der Waals surface area contributed by atoms with E-state index in [4.69, 9.17) is 27.9 Å². The first-order chi connectivity index (χ1) is 13.8. The van der Waals surface area contributed by atoms with Crippen LogP contribution in [-0.4, -0.2) is 20.1 Å². The number of benzene rings is 3. The van der Waals surface area contributed by atoms with Gasteiger partial charge in [0, 0.05) is 15.6 Å². The van der Waals surface area contributed by atoms with Gasteiger partial charge in [0.05, 0.1) is 13.6 Å². The summed E-state index contributed by atoms with van der Waals surface area (Å²) in [5, 5.41) is 2.52. The van der Waals surface area contributed by atoms with Gasteiger partial charge in [0.1, 0.15) is 6.10 Å². The standard InChI is InChI=1S/C24H24Cl2O2Si/c1-17(28-24(27)19-8-7-9-21(26)16-19)23(18-12-14-20(25)15-13-18)29(2,3)22-10-5-4-6-11-22/h4-17,23H,1-3H3. The zero-order chi connectivity index (χ0) is 21.0. The quantitative estimate of drug-likeness (QED) is 0.322. The largest absolute Gasteiger partial charge is 0.459 e. The molecular weight excluding hydrogens is 419 g/mol. The molecule has 0 aliphatic heterocycles. The normalized spacial score (nSPS) is 13.6. The number of halogens is 2. The Balaban J connectivity index is 1.96. The van der Waals surface area contributed by atoms with Crippen LogP contribution in [0.25, 0.3) is 0 Å². The maximum absolute atomic E-state index is 12.8. The van der Waals surface area contributed by atoms with Gasteiger partial charge >= 0.3 is 5.97 Å². The van der Waals surface area contributed by atoms with E-state index in [0.29, 0.717) is 15.6 Å². The zero-order valence-corrected chi connectivity index (χ0v) is 19.2. The molecular formula is C24H24Cl2O2Si. The Morgan fingerprint density at radius 3 is 2.14 bits per heavy atom. The molecule has 5 heteroatoms. The average molecular weight is 443 g/mol. The Morgan fingerprint density at radius 1 is 0.862 bits per heavy atom. The summed E-state index contributed by atoms with van der Waals surface area (Å²) in [4.78, 5) is 12.8. The number of carbonyl (C=O) groups excluding carboxylic acids is 1. The first-order valence-electron chi connectivity index (χ1n) is 9.56. The van der Waals surface area contributed by atoms with Crippen molar-refractivity contribution in [1.82, 2.24) is 0 Å². The predicted octanol–water partition coefficient (Wildman–Crippen LogP) is 6.48. The molecule has 0 bridgehead atoms. The summed E-state index contributed by atoms with van der Waals surface area (Å²) in [5.74, 6) is -0.364. The van der Waals surface area contributed by atoms with Crippen LogP contribution >= 0.6 is 23.2 Å². The number of hydrogen-bond donors (Lipinski definition) is 0. The molecule has 3 aromatic rings. The van der Waals surface area contributed by atoms with Gasteiger partial charge in [0.25, 0.3) is 0 Å². The summed E-state index contributed by atoms with van der Waals surface area (Å²) >= 11 is 12.2.